The van der Waals surface area contributed by atoms with Crippen molar-refractivity contribution < 1.29 is 14.3 Å². The molecule has 1 saturated heterocycles. The van der Waals surface area contributed by atoms with Crippen molar-refractivity contribution >= 4 is 29.1 Å². The Balaban J connectivity index is 1.36. The second-order valence-electron chi connectivity index (χ2n) is 6.87. The van der Waals surface area contributed by atoms with E-state index in [2.05, 4.69) is 25.5 Å². The van der Waals surface area contributed by atoms with Crippen molar-refractivity contribution in [3.05, 3.63) is 36.8 Å². The number of piperidine rings is 1. The molecule has 146 valence electrons. The number of amides is 3. The predicted octanol–water partition coefficient (Wildman–Crippen LogP) is 1.62. The van der Waals surface area contributed by atoms with E-state index in [-0.39, 0.29) is 24.6 Å². The summed E-state index contributed by atoms with van der Waals surface area (Å²) >= 11 is 0. The summed E-state index contributed by atoms with van der Waals surface area (Å²) in [5.41, 5.74) is 1.30. The number of benzene rings is 1. The third-order valence-electron chi connectivity index (χ3n) is 4.93. The van der Waals surface area contributed by atoms with Crippen LogP contribution in [0.4, 0.5) is 22.0 Å². The van der Waals surface area contributed by atoms with E-state index in [1.165, 1.54) is 0 Å². The summed E-state index contributed by atoms with van der Waals surface area (Å²) in [6.45, 7) is 1.58. The highest BCUT2D eigenvalue weighted by Crippen LogP contribution is 2.33. The number of fused-ring (bicyclic) bond motifs is 1. The molecule has 1 aromatic carbocycles. The lowest BCUT2D eigenvalue weighted by Gasteiger charge is -2.33. The Morgan fingerprint density at radius 3 is 3.04 bits per heavy atom. The standard InChI is InChI=1S/C19H22N6O3/c1-24-15-5-4-13(9-16(15)28-12-18(24)26)22-19(27)23-14-3-2-8-25(11-14)17-10-20-6-7-21-17/h4-7,9-10,14H,2-3,8,11-12H2,1H3,(H2,22,23,27). The van der Waals surface area contributed by atoms with Gasteiger partial charge in [0.05, 0.1) is 11.9 Å². The zero-order valence-electron chi connectivity index (χ0n) is 15.6. The number of nitrogens with zero attached hydrogens (tertiary/aromatic N) is 4. The molecule has 4 rings (SSSR count). The van der Waals surface area contributed by atoms with Crippen LogP contribution in [-0.4, -0.2) is 54.7 Å². The first kappa shape index (κ1) is 18.0. The molecule has 3 heterocycles. The molecule has 2 aliphatic rings. The predicted molar refractivity (Wildman–Crippen MR) is 105 cm³/mol. The number of carbonyl (C=O) groups excluding carboxylic acids is 2. The van der Waals surface area contributed by atoms with Gasteiger partial charge in [-0.25, -0.2) is 9.78 Å². The van der Waals surface area contributed by atoms with Gasteiger partial charge in [0.15, 0.2) is 6.61 Å². The molecule has 0 saturated carbocycles. The number of hydrogen-bond acceptors (Lipinski definition) is 6. The number of hydrogen-bond donors (Lipinski definition) is 2. The minimum absolute atomic E-state index is 0.000558. The second kappa shape index (κ2) is 7.71. The molecular formula is C19H22N6O3. The fourth-order valence-electron chi connectivity index (χ4n) is 3.47. The quantitative estimate of drug-likeness (QED) is 0.837. The summed E-state index contributed by atoms with van der Waals surface area (Å²) in [7, 11) is 1.70. The molecule has 2 N–H and O–H groups in total. The minimum Gasteiger partial charge on any atom is -0.481 e. The van der Waals surface area contributed by atoms with Crippen LogP contribution in [0, 0.1) is 0 Å². The SMILES string of the molecule is CN1C(=O)COc2cc(NC(=O)NC3CCCN(c4cnccn4)C3)ccc21. The number of carbonyl (C=O) groups is 2. The van der Waals surface area contributed by atoms with Crippen molar-refractivity contribution in [2.24, 2.45) is 0 Å². The summed E-state index contributed by atoms with van der Waals surface area (Å²) in [6, 6.07) is 4.99. The molecule has 3 amide bonds. The maximum atomic E-state index is 12.4. The van der Waals surface area contributed by atoms with Crippen molar-refractivity contribution in [1.29, 1.82) is 0 Å². The van der Waals surface area contributed by atoms with Crippen LogP contribution >= 0.6 is 0 Å². The Hall–Kier alpha value is -3.36. The van der Waals surface area contributed by atoms with E-state index in [0.29, 0.717) is 23.7 Å². The van der Waals surface area contributed by atoms with E-state index in [9.17, 15) is 9.59 Å². The maximum Gasteiger partial charge on any atom is 0.319 e. The average molecular weight is 382 g/mol. The van der Waals surface area contributed by atoms with Crippen molar-refractivity contribution in [3.63, 3.8) is 0 Å². The van der Waals surface area contributed by atoms with Crippen LogP contribution in [0.15, 0.2) is 36.8 Å². The number of nitrogens with one attached hydrogen (secondary N) is 2. The molecule has 0 radical (unpaired) electrons. The van der Waals surface area contributed by atoms with Gasteiger partial charge in [-0.1, -0.05) is 0 Å². The van der Waals surface area contributed by atoms with Gasteiger partial charge in [-0.2, -0.15) is 0 Å². The summed E-state index contributed by atoms with van der Waals surface area (Å²) in [5.74, 6) is 1.29. The van der Waals surface area contributed by atoms with Crippen molar-refractivity contribution in [2.45, 2.75) is 18.9 Å². The first-order valence-electron chi connectivity index (χ1n) is 9.22. The van der Waals surface area contributed by atoms with Crippen LogP contribution in [-0.2, 0) is 4.79 Å². The van der Waals surface area contributed by atoms with Gasteiger partial charge in [0, 0.05) is 50.3 Å². The normalized spacial score (nSPS) is 18.9. The Kier molecular flexibility index (Phi) is 4.96. The summed E-state index contributed by atoms with van der Waals surface area (Å²) in [5, 5.41) is 5.86. The van der Waals surface area contributed by atoms with Gasteiger partial charge in [-0.15, -0.1) is 0 Å². The Labute approximate surface area is 162 Å². The molecule has 0 bridgehead atoms. The van der Waals surface area contributed by atoms with Gasteiger partial charge < -0.3 is 25.2 Å². The number of likely N-dealkylation sites (N-methyl/N-ethyl adjacent to an activating group) is 1. The highest BCUT2D eigenvalue weighted by molar-refractivity contribution is 5.98. The lowest BCUT2D eigenvalue weighted by Crippen LogP contribution is -2.49. The number of aromatic nitrogens is 2. The van der Waals surface area contributed by atoms with E-state index >= 15 is 0 Å². The molecule has 2 aromatic rings. The van der Waals surface area contributed by atoms with E-state index in [4.69, 9.17) is 4.74 Å². The van der Waals surface area contributed by atoms with Crippen LogP contribution in [0.3, 0.4) is 0 Å². The van der Waals surface area contributed by atoms with Crippen molar-refractivity contribution in [1.82, 2.24) is 15.3 Å². The van der Waals surface area contributed by atoms with Crippen molar-refractivity contribution in [3.8, 4) is 5.75 Å². The van der Waals surface area contributed by atoms with Crippen LogP contribution < -0.4 is 25.2 Å². The molecule has 2 aliphatic heterocycles. The third kappa shape index (κ3) is 3.83. The average Bonchev–Trinajstić information content (AvgIpc) is 2.71. The Morgan fingerprint density at radius 1 is 1.32 bits per heavy atom. The fraction of sp³-hybridized carbons (Fsp3) is 0.368. The van der Waals surface area contributed by atoms with Gasteiger partial charge in [0.25, 0.3) is 5.91 Å². The number of ether oxygens (including phenoxy) is 1. The summed E-state index contributed by atoms with van der Waals surface area (Å²) in [4.78, 5) is 36.2. The van der Waals surface area contributed by atoms with E-state index < -0.39 is 0 Å². The molecule has 1 atom stereocenters. The van der Waals surface area contributed by atoms with Gasteiger partial charge in [-0.3, -0.25) is 9.78 Å². The topological polar surface area (TPSA) is 99.7 Å². The van der Waals surface area contributed by atoms with Crippen LogP contribution in [0.25, 0.3) is 0 Å². The van der Waals surface area contributed by atoms with Crippen LogP contribution in [0.2, 0.25) is 0 Å². The highest BCUT2D eigenvalue weighted by Gasteiger charge is 2.24. The first-order valence-corrected chi connectivity index (χ1v) is 9.22. The van der Waals surface area contributed by atoms with Crippen LogP contribution in [0.5, 0.6) is 5.75 Å². The molecule has 28 heavy (non-hydrogen) atoms. The smallest absolute Gasteiger partial charge is 0.319 e. The minimum atomic E-state index is -0.272. The van der Waals surface area contributed by atoms with E-state index in [0.717, 1.165) is 25.2 Å². The van der Waals surface area contributed by atoms with Crippen LogP contribution in [0.1, 0.15) is 12.8 Å². The molecule has 9 nitrogen and oxygen atoms in total. The van der Waals surface area contributed by atoms with Gasteiger partial charge in [0.2, 0.25) is 0 Å². The first-order chi connectivity index (χ1) is 13.6. The zero-order valence-corrected chi connectivity index (χ0v) is 15.6. The molecule has 0 aliphatic carbocycles. The number of rotatable bonds is 3. The number of anilines is 3. The molecule has 9 heteroatoms. The van der Waals surface area contributed by atoms with Gasteiger partial charge >= 0.3 is 6.03 Å². The molecular weight excluding hydrogens is 360 g/mol. The van der Waals surface area contributed by atoms with Gasteiger partial charge in [-0.05, 0) is 25.0 Å². The lowest BCUT2D eigenvalue weighted by atomic mass is 10.1. The molecule has 0 spiro atoms. The molecule has 1 fully saturated rings. The Bertz CT molecular complexity index is 875. The number of urea groups is 1. The van der Waals surface area contributed by atoms with Crippen molar-refractivity contribution in [2.75, 3.05) is 41.9 Å². The van der Waals surface area contributed by atoms with E-state index in [1.54, 1.807) is 48.7 Å². The highest BCUT2D eigenvalue weighted by atomic mass is 16.5. The zero-order chi connectivity index (χ0) is 19.5. The Morgan fingerprint density at radius 2 is 2.21 bits per heavy atom. The molecule has 1 unspecified atom stereocenters. The monoisotopic (exact) mass is 382 g/mol. The maximum absolute atomic E-state index is 12.4. The second-order valence-corrected chi connectivity index (χ2v) is 6.87. The largest absolute Gasteiger partial charge is 0.481 e. The summed E-state index contributed by atoms with van der Waals surface area (Å²) < 4.78 is 5.46. The lowest BCUT2D eigenvalue weighted by molar-refractivity contribution is -0.120. The van der Waals surface area contributed by atoms with E-state index in [1.807, 2.05) is 0 Å². The fourth-order valence-corrected chi connectivity index (χ4v) is 3.47. The third-order valence-corrected chi connectivity index (χ3v) is 4.93. The van der Waals surface area contributed by atoms with Gasteiger partial charge in [0.1, 0.15) is 11.6 Å². The summed E-state index contributed by atoms with van der Waals surface area (Å²) in [6.07, 6.45) is 6.92. The molecule has 1 aromatic heterocycles.